The van der Waals surface area contributed by atoms with E-state index >= 15 is 0 Å². The van der Waals surface area contributed by atoms with Crippen LogP contribution in [0.3, 0.4) is 0 Å². The third-order valence-corrected chi connectivity index (χ3v) is 2.20. The fourth-order valence-corrected chi connectivity index (χ4v) is 1.37. The second kappa shape index (κ2) is 8.73. The van der Waals surface area contributed by atoms with Crippen LogP contribution in [0.15, 0.2) is 0 Å². The summed E-state index contributed by atoms with van der Waals surface area (Å²) in [6, 6.07) is 0. The smallest absolute Gasteiger partial charge is 0.305 e. The fraction of sp³-hybridized carbons (Fsp3) is 0.818. The first-order valence-corrected chi connectivity index (χ1v) is 5.33. The number of ether oxygens (including phenoxy) is 1. The fourth-order valence-electron chi connectivity index (χ4n) is 1.37. The number of carbonyl (C=O) groups is 2. The van der Waals surface area contributed by atoms with Gasteiger partial charge in [0.05, 0.1) is 6.61 Å². The van der Waals surface area contributed by atoms with E-state index in [1.807, 2.05) is 0 Å². The van der Waals surface area contributed by atoms with E-state index in [2.05, 4.69) is 6.92 Å². The van der Waals surface area contributed by atoms with Gasteiger partial charge >= 0.3 is 5.97 Å². The SMILES string of the molecule is CCCC(CC=O)CCOC(=O)CC. The van der Waals surface area contributed by atoms with Crippen molar-refractivity contribution in [2.45, 2.75) is 46.0 Å². The third-order valence-electron chi connectivity index (χ3n) is 2.20. The van der Waals surface area contributed by atoms with Gasteiger partial charge in [0.1, 0.15) is 6.29 Å². The van der Waals surface area contributed by atoms with Crippen LogP contribution in [0.4, 0.5) is 0 Å². The number of hydrogen-bond acceptors (Lipinski definition) is 3. The first kappa shape index (κ1) is 13.1. The molecule has 0 saturated heterocycles. The van der Waals surface area contributed by atoms with E-state index < -0.39 is 0 Å². The molecule has 82 valence electrons. The number of hydrogen-bond donors (Lipinski definition) is 0. The van der Waals surface area contributed by atoms with Crippen LogP contribution < -0.4 is 0 Å². The molecule has 0 aromatic rings. The van der Waals surface area contributed by atoms with E-state index in [1.165, 1.54) is 0 Å². The van der Waals surface area contributed by atoms with E-state index in [4.69, 9.17) is 4.74 Å². The Bertz CT molecular complexity index is 166. The molecule has 0 rings (SSSR count). The van der Waals surface area contributed by atoms with Crippen LogP contribution in [0.25, 0.3) is 0 Å². The maximum atomic E-state index is 10.8. The van der Waals surface area contributed by atoms with Crippen LogP contribution in [0.5, 0.6) is 0 Å². The lowest BCUT2D eigenvalue weighted by Crippen LogP contribution is -2.09. The highest BCUT2D eigenvalue weighted by atomic mass is 16.5. The largest absolute Gasteiger partial charge is 0.466 e. The first-order valence-electron chi connectivity index (χ1n) is 5.33. The van der Waals surface area contributed by atoms with Crippen molar-refractivity contribution in [1.82, 2.24) is 0 Å². The van der Waals surface area contributed by atoms with Gasteiger partial charge in [-0.15, -0.1) is 0 Å². The quantitative estimate of drug-likeness (QED) is 0.446. The predicted molar refractivity (Wildman–Crippen MR) is 54.9 cm³/mol. The molecule has 14 heavy (non-hydrogen) atoms. The minimum absolute atomic E-state index is 0.161. The van der Waals surface area contributed by atoms with Gasteiger partial charge in [-0.3, -0.25) is 4.79 Å². The average molecular weight is 200 g/mol. The Hall–Kier alpha value is -0.860. The van der Waals surface area contributed by atoms with Crippen molar-refractivity contribution >= 4 is 12.3 Å². The normalized spacial score (nSPS) is 12.1. The highest BCUT2D eigenvalue weighted by molar-refractivity contribution is 5.68. The Morgan fingerprint density at radius 3 is 2.57 bits per heavy atom. The van der Waals surface area contributed by atoms with E-state index in [0.717, 1.165) is 25.5 Å². The topological polar surface area (TPSA) is 43.4 Å². The predicted octanol–water partition coefficient (Wildman–Crippen LogP) is 2.33. The zero-order chi connectivity index (χ0) is 10.8. The molecule has 0 heterocycles. The first-order chi connectivity index (χ1) is 6.74. The molecule has 0 amide bonds. The second-order valence-corrected chi connectivity index (χ2v) is 3.42. The van der Waals surface area contributed by atoms with E-state index in [-0.39, 0.29) is 5.97 Å². The summed E-state index contributed by atoms with van der Waals surface area (Å²) in [4.78, 5) is 21.2. The van der Waals surface area contributed by atoms with Crippen molar-refractivity contribution in [3.05, 3.63) is 0 Å². The van der Waals surface area contributed by atoms with Crippen molar-refractivity contribution in [2.75, 3.05) is 6.61 Å². The number of aldehydes is 1. The molecule has 0 aromatic carbocycles. The molecule has 3 nitrogen and oxygen atoms in total. The van der Waals surface area contributed by atoms with Crippen molar-refractivity contribution in [2.24, 2.45) is 5.92 Å². The van der Waals surface area contributed by atoms with Crippen LogP contribution in [0.2, 0.25) is 0 Å². The van der Waals surface area contributed by atoms with Crippen LogP contribution >= 0.6 is 0 Å². The Kier molecular flexibility index (Phi) is 8.19. The molecular formula is C11H20O3. The summed E-state index contributed by atoms with van der Waals surface area (Å²) in [5.74, 6) is 0.216. The maximum absolute atomic E-state index is 10.8. The molecule has 1 atom stereocenters. The minimum Gasteiger partial charge on any atom is -0.466 e. The Labute approximate surface area is 85.8 Å². The van der Waals surface area contributed by atoms with Gasteiger partial charge in [-0.1, -0.05) is 26.7 Å². The summed E-state index contributed by atoms with van der Waals surface area (Å²) < 4.78 is 4.96. The van der Waals surface area contributed by atoms with Gasteiger partial charge < -0.3 is 9.53 Å². The summed E-state index contributed by atoms with van der Waals surface area (Å²) >= 11 is 0. The molecule has 0 fully saturated rings. The van der Waals surface area contributed by atoms with Crippen LogP contribution in [0, 0.1) is 5.92 Å². The lowest BCUT2D eigenvalue weighted by atomic mass is 9.97. The zero-order valence-corrected chi connectivity index (χ0v) is 9.12. The van der Waals surface area contributed by atoms with E-state index in [0.29, 0.717) is 25.4 Å². The van der Waals surface area contributed by atoms with Gasteiger partial charge in [0.2, 0.25) is 0 Å². The standard InChI is InChI=1S/C11H20O3/c1-3-5-10(6-8-12)7-9-14-11(13)4-2/h8,10H,3-7,9H2,1-2H3. The van der Waals surface area contributed by atoms with Gasteiger partial charge in [-0.05, 0) is 12.3 Å². The molecule has 0 radical (unpaired) electrons. The number of esters is 1. The molecule has 0 aromatic heterocycles. The highest BCUT2D eigenvalue weighted by Crippen LogP contribution is 2.14. The lowest BCUT2D eigenvalue weighted by molar-refractivity contribution is -0.143. The van der Waals surface area contributed by atoms with Crippen molar-refractivity contribution in [3.8, 4) is 0 Å². The second-order valence-electron chi connectivity index (χ2n) is 3.42. The van der Waals surface area contributed by atoms with Gasteiger partial charge in [0.15, 0.2) is 0 Å². The Balaban J connectivity index is 3.59. The summed E-state index contributed by atoms with van der Waals surface area (Å²) in [6.07, 6.45) is 4.85. The van der Waals surface area contributed by atoms with Crippen LogP contribution in [-0.2, 0) is 14.3 Å². The van der Waals surface area contributed by atoms with Gasteiger partial charge in [0.25, 0.3) is 0 Å². The summed E-state index contributed by atoms with van der Waals surface area (Å²) in [5.41, 5.74) is 0. The molecule has 0 bridgehead atoms. The highest BCUT2D eigenvalue weighted by Gasteiger charge is 2.08. The number of rotatable bonds is 8. The molecule has 0 spiro atoms. The van der Waals surface area contributed by atoms with Gasteiger partial charge in [0, 0.05) is 12.8 Å². The molecular weight excluding hydrogens is 180 g/mol. The summed E-state index contributed by atoms with van der Waals surface area (Å²) in [5, 5.41) is 0. The van der Waals surface area contributed by atoms with E-state index in [9.17, 15) is 9.59 Å². The van der Waals surface area contributed by atoms with Crippen molar-refractivity contribution in [3.63, 3.8) is 0 Å². The molecule has 0 saturated carbocycles. The third kappa shape index (κ3) is 6.63. The molecule has 0 aliphatic carbocycles. The van der Waals surface area contributed by atoms with Crippen LogP contribution in [-0.4, -0.2) is 18.9 Å². The molecule has 1 unspecified atom stereocenters. The summed E-state index contributed by atoms with van der Waals surface area (Å²) in [6.45, 7) is 4.32. The van der Waals surface area contributed by atoms with Crippen molar-refractivity contribution < 1.29 is 14.3 Å². The van der Waals surface area contributed by atoms with Crippen molar-refractivity contribution in [1.29, 1.82) is 0 Å². The monoisotopic (exact) mass is 200 g/mol. The minimum atomic E-state index is -0.161. The molecule has 3 heteroatoms. The van der Waals surface area contributed by atoms with Gasteiger partial charge in [-0.25, -0.2) is 0 Å². The molecule has 0 aliphatic heterocycles. The Morgan fingerprint density at radius 2 is 2.07 bits per heavy atom. The van der Waals surface area contributed by atoms with Crippen LogP contribution in [0.1, 0.15) is 46.0 Å². The maximum Gasteiger partial charge on any atom is 0.305 e. The van der Waals surface area contributed by atoms with E-state index in [1.54, 1.807) is 6.92 Å². The lowest BCUT2D eigenvalue weighted by Gasteiger charge is -2.12. The zero-order valence-electron chi connectivity index (χ0n) is 9.12. The number of carbonyl (C=O) groups excluding carboxylic acids is 2. The van der Waals surface area contributed by atoms with Gasteiger partial charge in [-0.2, -0.15) is 0 Å². The Morgan fingerprint density at radius 1 is 1.36 bits per heavy atom. The molecule has 0 N–H and O–H groups in total. The molecule has 0 aliphatic rings. The average Bonchev–Trinajstić information content (AvgIpc) is 2.18. The summed E-state index contributed by atoms with van der Waals surface area (Å²) in [7, 11) is 0.